The molecule has 3 N–H and O–H groups in total. The molecule has 1 aromatic rings. The van der Waals surface area contributed by atoms with Crippen molar-refractivity contribution in [1.29, 1.82) is 0 Å². The Hall–Kier alpha value is -1.41. The number of nitrogens with zero attached hydrogens (tertiary/aromatic N) is 3. The van der Waals surface area contributed by atoms with Gasteiger partial charge < -0.3 is 10.3 Å². The third-order valence-corrected chi connectivity index (χ3v) is 5.15. The van der Waals surface area contributed by atoms with Gasteiger partial charge in [0.05, 0.1) is 11.5 Å². The molecule has 1 unspecified atom stereocenters. The number of hydrogen-bond donors (Lipinski definition) is 2. The maximum atomic E-state index is 11.6. The molecule has 1 atom stereocenters. The van der Waals surface area contributed by atoms with Gasteiger partial charge in [0.1, 0.15) is 18.0 Å². The molecule has 2 rings (SSSR count). The SMILES string of the molecule is CCc1c(NN)ncnc1N1CCS(=O)(=O)CC1C. The summed E-state index contributed by atoms with van der Waals surface area (Å²) in [4.78, 5) is 10.4. The normalized spacial score (nSPS) is 22.3. The molecule has 1 aromatic heterocycles. The highest BCUT2D eigenvalue weighted by Gasteiger charge is 2.30. The van der Waals surface area contributed by atoms with E-state index in [9.17, 15) is 8.42 Å². The second-order valence-electron chi connectivity index (χ2n) is 4.68. The van der Waals surface area contributed by atoms with Crippen LogP contribution in [0.25, 0.3) is 0 Å². The Morgan fingerprint density at radius 3 is 2.84 bits per heavy atom. The van der Waals surface area contributed by atoms with Crippen LogP contribution in [0.5, 0.6) is 0 Å². The minimum Gasteiger partial charge on any atom is -0.351 e. The van der Waals surface area contributed by atoms with Gasteiger partial charge in [-0.25, -0.2) is 24.2 Å². The second-order valence-corrected chi connectivity index (χ2v) is 6.91. The molecule has 8 heteroatoms. The molecule has 1 aliphatic rings. The maximum absolute atomic E-state index is 11.6. The first-order chi connectivity index (χ1) is 8.98. The van der Waals surface area contributed by atoms with E-state index in [-0.39, 0.29) is 17.5 Å². The molecule has 0 aliphatic carbocycles. The van der Waals surface area contributed by atoms with Gasteiger partial charge in [-0.05, 0) is 13.3 Å². The number of rotatable bonds is 3. The van der Waals surface area contributed by atoms with Crippen LogP contribution in [0.4, 0.5) is 11.6 Å². The van der Waals surface area contributed by atoms with Gasteiger partial charge in [0.2, 0.25) is 0 Å². The molecule has 2 heterocycles. The minimum atomic E-state index is -2.93. The van der Waals surface area contributed by atoms with Gasteiger partial charge in [-0.1, -0.05) is 6.92 Å². The van der Waals surface area contributed by atoms with Crippen molar-refractivity contribution in [2.75, 3.05) is 28.4 Å². The van der Waals surface area contributed by atoms with Gasteiger partial charge in [0.15, 0.2) is 9.84 Å². The zero-order valence-corrected chi connectivity index (χ0v) is 11.9. The van der Waals surface area contributed by atoms with Crippen molar-refractivity contribution in [2.24, 2.45) is 5.84 Å². The van der Waals surface area contributed by atoms with Crippen LogP contribution in [0.15, 0.2) is 6.33 Å². The summed E-state index contributed by atoms with van der Waals surface area (Å²) >= 11 is 0. The molecule has 0 spiro atoms. The van der Waals surface area contributed by atoms with Gasteiger partial charge in [0, 0.05) is 18.2 Å². The first kappa shape index (κ1) is 14.0. The predicted molar refractivity (Wildman–Crippen MR) is 74.7 cm³/mol. The van der Waals surface area contributed by atoms with Gasteiger partial charge in [0.25, 0.3) is 0 Å². The van der Waals surface area contributed by atoms with E-state index in [1.165, 1.54) is 6.33 Å². The van der Waals surface area contributed by atoms with E-state index >= 15 is 0 Å². The van der Waals surface area contributed by atoms with E-state index in [2.05, 4.69) is 15.4 Å². The van der Waals surface area contributed by atoms with Crippen molar-refractivity contribution in [3.63, 3.8) is 0 Å². The highest BCUT2D eigenvalue weighted by atomic mass is 32.2. The van der Waals surface area contributed by atoms with Crippen LogP contribution in [0.3, 0.4) is 0 Å². The number of anilines is 2. The largest absolute Gasteiger partial charge is 0.351 e. The first-order valence-electron chi connectivity index (χ1n) is 6.26. The molecular weight excluding hydrogens is 266 g/mol. The summed E-state index contributed by atoms with van der Waals surface area (Å²) in [6, 6.07) is -0.0930. The summed E-state index contributed by atoms with van der Waals surface area (Å²) in [5.41, 5.74) is 3.47. The number of aromatic nitrogens is 2. The molecule has 0 bridgehead atoms. The van der Waals surface area contributed by atoms with E-state index in [0.717, 1.165) is 17.8 Å². The van der Waals surface area contributed by atoms with Crippen LogP contribution in [-0.4, -0.2) is 42.5 Å². The zero-order chi connectivity index (χ0) is 14.0. The molecule has 0 saturated carbocycles. The highest BCUT2D eigenvalue weighted by molar-refractivity contribution is 7.91. The number of nitrogens with one attached hydrogen (secondary N) is 1. The third-order valence-electron chi connectivity index (χ3n) is 3.36. The molecule has 7 nitrogen and oxygen atoms in total. The summed E-state index contributed by atoms with van der Waals surface area (Å²) in [6.07, 6.45) is 2.17. The number of hydrogen-bond acceptors (Lipinski definition) is 7. The average molecular weight is 285 g/mol. The van der Waals surface area contributed by atoms with Crippen LogP contribution in [-0.2, 0) is 16.3 Å². The van der Waals surface area contributed by atoms with Crippen LogP contribution in [0.2, 0.25) is 0 Å². The summed E-state index contributed by atoms with van der Waals surface area (Å²) < 4.78 is 23.2. The molecule has 19 heavy (non-hydrogen) atoms. The molecule has 106 valence electrons. The fourth-order valence-electron chi connectivity index (χ4n) is 2.41. The van der Waals surface area contributed by atoms with Crippen molar-refractivity contribution in [2.45, 2.75) is 26.3 Å². The van der Waals surface area contributed by atoms with Crippen molar-refractivity contribution in [1.82, 2.24) is 9.97 Å². The Balaban J connectivity index is 2.37. The van der Waals surface area contributed by atoms with E-state index in [4.69, 9.17) is 5.84 Å². The highest BCUT2D eigenvalue weighted by Crippen LogP contribution is 2.27. The van der Waals surface area contributed by atoms with Crippen molar-refractivity contribution < 1.29 is 8.42 Å². The Labute approximate surface area is 113 Å². The number of nitrogen functional groups attached to an aromatic ring is 1. The lowest BCUT2D eigenvalue weighted by molar-refractivity contribution is 0.566. The van der Waals surface area contributed by atoms with E-state index in [0.29, 0.717) is 12.4 Å². The summed E-state index contributed by atoms with van der Waals surface area (Å²) in [5.74, 6) is 7.13. The Morgan fingerprint density at radius 2 is 2.26 bits per heavy atom. The van der Waals surface area contributed by atoms with E-state index < -0.39 is 9.84 Å². The zero-order valence-electron chi connectivity index (χ0n) is 11.1. The third kappa shape index (κ3) is 2.79. The van der Waals surface area contributed by atoms with Crippen LogP contribution in [0, 0.1) is 0 Å². The lowest BCUT2D eigenvalue weighted by atomic mass is 10.2. The molecule has 0 amide bonds. The fourth-order valence-corrected chi connectivity index (χ4v) is 3.97. The predicted octanol–water partition coefficient (Wildman–Crippen LogP) is -0.0521. The van der Waals surface area contributed by atoms with Gasteiger partial charge in [-0.2, -0.15) is 0 Å². The summed E-state index contributed by atoms with van der Waals surface area (Å²) in [5, 5.41) is 0. The van der Waals surface area contributed by atoms with Crippen molar-refractivity contribution in [3.05, 3.63) is 11.9 Å². The second kappa shape index (κ2) is 5.30. The van der Waals surface area contributed by atoms with E-state index in [1.807, 2.05) is 18.7 Å². The molecule has 1 saturated heterocycles. The Morgan fingerprint density at radius 1 is 1.53 bits per heavy atom. The average Bonchev–Trinajstić information content (AvgIpc) is 2.36. The quantitative estimate of drug-likeness (QED) is 0.593. The molecular formula is C11H19N5O2S. The summed E-state index contributed by atoms with van der Waals surface area (Å²) in [6.45, 7) is 4.35. The van der Waals surface area contributed by atoms with Crippen LogP contribution in [0.1, 0.15) is 19.4 Å². The molecule has 1 aliphatic heterocycles. The van der Waals surface area contributed by atoms with E-state index in [1.54, 1.807) is 0 Å². The number of sulfone groups is 1. The van der Waals surface area contributed by atoms with Crippen LogP contribution >= 0.6 is 0 Å². The number of nitrogens with two attached hydrogens (primary N) is 1. The van der Waals surface area contributed by atoms with Crippen LogP contribution < -0.4 is 16.2 Å². The standard InChI is InChI=1S/C11H19N5O2S/c1-3-9-10(15-12)13-7-14-11(9)16-4-5-19(17,18)6-8(16)2/h7-8H,3-6,12H2,1-2H3,(H,13,14,15). The topological polar surface area (TPSA) is 101 Å². The summed E-state index contributed by atoms with van der Waals surface area (Å²) in [7, 11) is -2.93. The smallest absolute Gasteiger partial charge is 0.154 e. The lowest BCUT2D eigenvalue weighted by Crippen LogP contribution is -2.47. The minimum absolute atomic E-state index is 0.0930. The Bertz CT molecular complexity index is 560. The lowest BCUT2D eigenvalue weighted by Gasteiger charge is -2.35. The molecule has 0 radical (unpaired) electrons. The van der Waals surface area contributed by atoms with Gasteiger partial charge in [-0.3, -0.25) is 0 Å². The number of hydrazine groups is 1. The first-order valence-corrected chi connectivity index (χ1v) is 8.08. The monoisotopic (exact) mass is 285 g/mol. The maximum Gasteiger partial charge on any atom is 0.154 e. The molecule has 0 aromatic carbocycles. The Kier molecular flexibility index (Phi) is 3.91. The van der Waals surface area contributed by atoms with Gasteiger partial charge >= 0.3 is 0 Å². The van der Waals surface area contributed by atoms with Crippen molar-refractivity contribution in [3.8, 4) is 0 Å². The fraction of sp³-hybridized carbons (Fsp3) is 0.636. The van der Waals surface area contributed by atoms with Crippen molar-refractivity contribution >= 4 is 21.5 Å². The van der Waals surface area contributed by atoms with Gasteiger partial charge in [-0.15, -0.1) is 0 Å². The molecule has 1 fully saturated rings.